The molecule has 0 aliphatic heterocycles. The molecule has 0 saturated heterocycles. The molecule has 3 heterocycles. The third-order valence-electron chi connectivity index (χ3n) is 5.50. The Morgan fingerprint density at radius 1 is 1.09 bits per heavy atom. The number of anilines is 1. The highest BCUT2D eigenvalue weighted by molar-refractivity contribution is 6.35. The van der Waals surface area contributed by atoms with Gasteiger partial charge in [-0.05, 0) is 48.7 Å². The number of rotatable bonds is 4. The Labute approximate surface area is 193 Å². The van der Waals surface area contributed by atoms with Gasteiger partial charge in [0.25, 0.3) is 11.5 Å². The van der Waals surface area contributed by atoms with Crippen LogP contribution in [0.1, 0.15) is 29.0 Å². The first-order chi connectivity index (χ1) is 16.0. The molecule has 0 fully saturated rings. The summed E-state index contributed by atoms with van der Waals surface area (Å²) in [5.74, 6) is -0.342. The highest BCUT2D eigenvalue weighted by atomic mass is 35.5. The molecule has 0 radical (unpaired) electrons. The van der Waals surface area contributed by atoms with Gasteiger partial charge in [0, 0.05) is 17.6 Å². The van der Waals surface area contributed by atoms with Crippen molar-refractivity contribution in [2.75, 3.05) is 5.73 Å². The van der Waals surface area contributed by atoms with E-state index < -0.39 is 11.9 Å². The van der Waals surface area contributed by atoms with E-state index in [1.165, 1.54) is 4.63 Å². The Morgan fingerprint density at radius 3 is 2.67 bits per heavy atom. The van der Waals surface area contributed by atoms with Gasteiger partial charge in [-0.25, -0.2) is 0 Å². The molecule has 5 aromatic rings. The fourth-order valence-corrected chi connectivity index (χ4v) is 4.25. The smallest absolute Gasteiger partial charge is 0.264 e. The molecule has 9 heteroatoms. The minimum Gasteiger partial charge on any atom is -0.381 e. The van der Waals surface area contributed by atoms with Crippen molar-refractivity contribution >= 4 is 39.6 Å². The van der Waals surface area contributed by atoms with Crippen LogP contribution >= 0.6 is 11.6 Å². The summed E-state index contributed by atoms with van der Waals surface area (Å²) in [6.07, 6.45) is 1.56. The average molecular weight is 459 g/mol. The first kappa shape index (κ1) is 20.7. The predicted molar refractivity (Wildman–Crippen MR) is 128 cm³/mol. The third-order valence-corrected chi connectivity index (χ3v) is 5.82. The van der Waals surface area contributed by atoms with E-state index in [1.807, 2.05) is 49.4 Å². The van der Waals surface area contributed by atoms with Crippen LogP contribution in [0.15, 0.2) is 77.7 Å². The van der Waals surface area contributed by atoms with E-state index in [9.17, 15) is 9.59 Å². The van der Waals surface area contributed by atoms with E-state index >= 15 is 0 Å². The highest BCUT2D eigenvalue weighted by Gasteiger charge is 2.23. The Kier molecular flexibility index (Phi) is 5.07. The van der Waals surface area contributed by atoms with Crippen molar-refractivity contribution in [1.29, 1.82) is 0 Å². The Balaban J connectivity index is 1.64. The van der Waals surface area contributed by atoms with Gasteiger partial charge in [-0.2, -0.15) is 5.10 Å². The molecule has 5 rings (SSSR count). The lowest BCUT2D eigenvalue weighted by Crippen LogP contribution is -2.32. The number of benzene rings is 2. The number of para-hydroxylation sites is 1. The normalized spacial score (nSPS) is 12.2. The van der Waals surface area contributed by atoms with Crippen LogP contribution in [-0.2, 0) is 0 Å². The Hall–Kier alpha value is -4.17. The molecule has 1 amide bonds. The van der Waals surface area contributed by atoms with Gasteiger partial charge >= 0.3 is 0 Å². The highest BCUT2D eigenvalue weighted by Crippen LogP contribution is 2.26. The monoisotopic (exact) mass is 458 g/mol. The first-order valence-corrected chi connectivity index (χ1v) is 10.6. The number of aromatic nitrogens is 4. The molecule has 0 unspecified atom stereocenters. The number of hydrogen-bond acceptors (Lipinski definition) is 5. The van der Waals surface area contributed by atoms with Crippen LogP contribution in [0.5, 0.6) is 0 Å². The van der Waals surface area contributed by atoms with Gasteiger partial charge in [-0.3, -0.25) is 14.2 Å². The number of nitrogens with zero attached hydrogens (tertiary/aromatic N) is 4. The van der Waals surface area contributed by atoms with Crippen molar-refractivity contribution < 1.29 is 4.79 Å². The maximum absolute atomic E-state index is 13.5. The number of pyridine rings is 1. The van der Waals surface area contributed by atoms with E-state index in [0.717, 1.165) is 0 Å². The molecule has 164 valence electrons. The number of nitrogen functional groups attached to an aromatic ring is 1. The van der Waals surface area contributed by atoms with Gasteiger partial charge in [-0.1, -0.05) is 41.9 Å². The number of nitrogens with one attached hydrogen (secondary N) is 1. The molecular formula is C24H19ClN6O2. The van der Waals surface area contributed by atoms with Gasteiger partial charge in [-0.15, -0.1) is 9.73 Å². The second-order valence-electron chi connectivity index (χ2n) is 7.60. The number of carbonyl (C=O) groups is 1. The van der Waals surface area contributed by atoms with Crippen LogP contribution < -0.4 is 16.6 Å². The molecular weight excluding hydrogens is 440 g/mol. The lowest BCUT2D eigenvalue weighted by molar-refractivity contribution is 0.0941. The van der Waals surface area contributed by atoms with Crippen molar-refractivity contribution in [2.24, 2.45) is 0 Å². The molecule has 8 nitrogen and oxygen atoms in total. The zero-order valence-electron chi connectivity index (χ0n) is 17.6. The molecule has 33 heavy (non-hydrogen) atoms. The number of carbonyl (C=O) groups excluding carboxylic acids is 1. The van der Waals surface area contributed by atoms with Crippen LogP contribution in [0.3, 0.4) is 0 Å². The minimum atomic E-state index is -0.542. The zero-order chi connectivity index (χ0) is 23.1. The van der Waals surface area contributed by atoms with Crippen molar-refractivity contribution in [3.8, 4) is 5.69 Å². The number of nitrogens with two attached hydrogens (primary N) is 1. The number of hydrogen-bond donors (Lipinski definition) is 2. The quantitative estimate of drug-likeness (QED) is 0.426. The van der Waals surface area contributed by atoms with Crippen LogP contribution in [0.2, 0.25) is 5.02 Å². The number of amides is 1. The summed E-state index contributed by atoms with van der Waals surface area (Å²) >= 11 is 6.37. The SMILES string of the molecule is C[C@H](NC(=O)c1c(N)nn2ncccc12)c1cc2cccc(Cl)c2c(=O)n1-c1ccccc1. The Bertz CT molecular complexity index is 1580. The van der Waals surface area contributed by atoms with Crippen molar-refractivity contribution in [3.05, 3.63) is 99.6 Å². The summed E-state index contributed by atoms with van der Waals surface area (Å²) in [6.45, 7) is 1.81. The van der Waals surface area contributed by atoms with E-state index in [-0.39, 0.29) is 16.9 Å². The molecule has 0 bridgehead atoms. The number of fused-ring (bicyclic) bond motifs is 2. The molecule has 3 aromatic heterocycles. The van der Waals surface area contributed by atoms with Gasteiger partial charge in [0.05, 0.1) is 16.5 Å². The van der Waals surface area contributed by atoms with E-state index in [2.05, 4.69) is 15.5 Å². The Morgan fingerprint density at radius 2 is 1.88 bits per heavy atom. The van der Waals surface area contributed by atoms with Gasteiger partial charge in [0.1, 0.15) is 11.1 Å². The average Bonchev–Trinajstić information content (AvgIpc) is 3.15. The first-order valence-electron chi connectivity index (χ1n) is 10.3. The number of halogens is 1. The van der Waals surface area contributed by atoms with Crippen molar-refractivity contribution in [3.63, 3.8) is 0 Å². The molecule has 0 saturated carbocycles. The standard InChI is InChI=1S/C24H19ClN6O2/c1-14(28-23(32)21-18-11-6-12-27-31(18)29-22(21)26)19-13-15-7-5-10-17(25)20(15)24(33)30(19)16-8-3-2-4-9-16/h2-14H,1H3,(H2,26,29)(H,28,32)/t14-/m0/s1. The van der Waals surface area contributed by atoms with Crippen LogP contribution in [-0.4, -0.2) is 25.3 Å². The second-order valence-corrected chi connectivity index (χ2v) is 8.01. The maximum Gasteiger partial charge on any atom is 0.264 e. The fourth-order valence-electron chi connectivity index (χ4n) is 3.99. The van der Waals surface area contributed by atoms with Crippen molar-refractivity contribution in [2.45, 2.75) is 13.0 Å². The van der Waals surface area contributed by atoms with E-state index in [1.54, 1.807) is 35.0 Å². The molecule has 0 spiro atoms. The van der Waals surface area contributed by atoms with Crippen LogP contribution in [0.4, 0.5) is 5.82 Å². The lowest BCUT2D eigenvalue weighted by atomic mass is 10.1. The maximum atomic E-state index is 13.5. The fraction of sp³-hybridized carbons (Fsp3) is 0.0833. The summed E-state index contributed by atoms with van der Waals surface area (Å²) in [5.41, 5.74) is 7.72. The molecule has 3 N–H and O–H groups in total. The minimum absolute atomic E-state index is 0.0733. The molecule has 0 aliphatic carbocycles. The molecule has 1 atom stereocenters. The summed E-state index contributed by atoms with van der Waals surface area (Å²) in [4.78, 5) is 26.7. The lowest BCUT2D eigenvalue weighted by Gasteiger charge is -2.21. The summed E-state index contributed by atoms with van der Waals surface area (Å²) in [6, 6.07) is 19.3. The third kappa shape index (κ3) is 3.50. The largest absolute Gasteiger partial charge is 0.381 e. The molecule has 0 aliphatic rings. The second kappa shape index (κ2) is 8.07. The molecule has 2 aromatic carbocycles. The summed E-state index contributed by atoms with van der Waals surface area (Å²) < 4.78 is 2.88. The van der Waals surface area contributed by atoms with E-state index in [0.29, 0.717) is 32.7 Å². The summed E-state index contributed by atoms with van der Waals surface area (Å²) in [5, 5.41) is 12.6. The van der Waals surface area contributed by atoms with Crippen LogP contribution in [0, 0.1) is 0 Å². The predicted octanol–water partition coefficient (Wildman–Crippen LogP) is 3.76. The van der Waals surface area contributed by atoms with E-state index in [4.69, 9.17) is 17.3 Å². The van der Waals surface area contributed by atoms with Crippen LogP contribution in [0.25, 0.3) is 22.0 Å². The topological polar surface area (TPSA) is 107 Å². The van der Waals surface area contributed by atoms with Gasteiger partial charge in [0.2, 0.25) is 0 Å². The van der Waals surface area contributed by atoms with Crippen molar-refractivity contribution in [1.82, 2.24) is 24.7 Å². The van der Waals surface area contributed by atoms with Gasteiger partial charge in [0.15, 0.2) is 5.82 Å². The van der Waals surface area contributed by atoms with Gasteiger partial charge < -0.3 is 11.1 Å². The zero-order valence-corrected chi connectivity index (χ0v) is 18.3. The summed E-state index contributed by atoms with van der Waals surface area (Å²) in [7, 11) is 0.